The molecule has 0 aliphatic carbocycles. The lowest BCUT2D eigenvalue weighted by Gasteiger charge is -2.34. The number of nitrogens with zero attached hydrogens (tertiary/aromatic N) is 2. The van der Waals surface area contributed by atoms with Crippen molar-refractivity contribution in [3.63, 3.8) is 0 Å². The number of likely N-dealkylation sites (tertiary alicyclic amines) is 1. The van der Waals surface area contributed by atoms with Crippen LogP contribution in [0, 0.1) is 5.92 Å². The first-order valence-electron chi connectivity index (χ1n) is 7.95. The largest absolute Gasteiger partial charge is 0.395 e. The van der Waals surface area contributed by atoms with Gasteiger partial charge in [0.15, 0.2) is 0 Å². The van der Waals surface area contributed by atoms with E-state index in [0.717, 1.165) is 38.9 Å². The van der Waals surface area contributed by atoms with Gasteiger partial charge in [0.05, 0.1) is 6.61 Å². The first-order valence-corrected chi connectivity index (χ1v) is 7.95. The first kappa shape index (κ1) is 17.2. The second kappa shape index (κ2) is 9.19. The highest BCUT2D eigenvalue weighted by Crippen LogP contribution is 2.12. The Hall–Kier alpha value is -0.810. The minimum atomic E-state index is -0.0248. The Morgan fingerprint density at radius 1 is 1.35 bits per heavy atom. The van der Waals surface area contributed by atoms with Gasteiger partial charge in [0, 0.05) is 38.8 Å². The van der Waals surface area contributed by atoms with Crippen LogP contribution in [0.15, 0.2) is 0 Å². The van der Waals surface area contributed by atoms with Crippen molar-refractivity contribution in [1.29, 1.82) is 0 Å². The number of hydrogen-bond donors (Lipinski definition) is 2. The number of amides is 2. The molecule has 1 rings (SSSR count). The second-order valence-corrected chi connectivity index (χ2v) is 6.13. The predicted molar refractivity (Wildman–Crippen MR) is 81.8 cm³/mol. The fraction of sp³-hybridized carbons (Fsp3) is 0.933. The van der Waals surface area contributed by atoms with Crippen LogP contribution in [-0.2, 0) is 0 Å². The highest BCUT2D eigenvalue weighted by molar-refractivity contribution is 5.74. The van der Waals surface area contributed by atoms with Crippen LogP contribution in [0.25, 0.3) is 0 Å². The number of aliphatic hydroxyl groups excluding tert-OH is 1. The summed E-state index contributed by atoms with van der Waals surface area (Å²) >= 11 is 0. The Morgan fingerprint density at radius 3 is 2.50 bits per heavy atom. The SMILES string of the molecule is CCCN(CCO)C(=O)NC1CCN(CC(C)C)CC1. The van der Waals surface area contributed by atoms with Crippen LogP contribution in [0.2, 0.25) is 0 Å². The standard InChI is InChI=1S/C15H31N3O2/c1-4-7-18(10-11-19)15(20)16-14-5-8-17(9-6-14)12-13(2)3/h13-14,19H,4-12H2,1-3H3,(H,16,20). The maximum Gasteiger partial charge on any atom is 0.317 e. The predicted octanol–water partition coefficient (Wildman–Crippen LogP) is 1.52. The monoisotopic (exact) mass is 285 g/mol. The van der Waals surface area contributed by atoms with Gasteiger partial charge < -0.3 is 20.2 Å². The van der Waals surface area contributed by atoms with E-state index >= 15 is 0 Å². The first-order chi connectivity index (χ1) is 9.56. The number of nitrogens with one attached hydrogen (secondary N) is 1. The summed E-state index contributed by atoms with van der Waals surface area (Å²) in [5, 5.41) is 12.1. The van der Waals surface area contributed by atoms with Gasteiger partial charge in [-0.25, -0.2) is 4.79 Å². The summed E-state index contributed by atoms with van der Waals surface area (Å²) in [6.45, 7) is 11.0. The van der Waals surface area contributed by atoms with Gasteiger partial charge in [-0.3, -0.25) is 0 Å². The highest BCUT2D eigenvalue weighted by atomic mass is 16.3. The van der Waals surface area contributed by atoms with Crippen molar-refractivity contribution < 1.29 is 9.90 Å². The number of piperidine rings is 1. The summed E-state index contributed by atoms with van der Waals surface area (Å²) in [5.74, 6) is 0.700. The van der Waals surface area contributed by atoms with E-state index < -0.39 is 0 Å². The summed E-state index contributed by atoms with van der Waals surface area (Å²) < 4.78 is 0. The van der Waals surface area contributed by atoms with Gasteiger partial charge in [0.1, 0.15) is 0 Å². The zero-order valence-corrected chi connectivity index (χ0v) is 13.3. The molecule has 20 heavy (non-hydrogen) atoms. The molecule has 0 aromatic carbocycles. The lowest BCUT2D eigenvalue weighted by Crippen LogP contribution is -2.50. The molecule has 1 heterocycles. The number of aliphatic hydroxyl groups is 1. The molecule has 1 aliphatic heterocycles. The molecule has 1 saturated heterocycles. The fourth-order valence-electron chi connectivity index (χ4n) is 2.75. The van der Waals surface area contributed by atoms with E-state index in [9.17, 15) is 4.79 Å². The van der Waals surface area contributed by atoms with Crippen LogP contribution >= 0.6 is 0 Å². The third-order valence-electron chi connectivity index (χ3n) is 3.69. The second-order valence-electron chi connectivity index (χ2n) is 6.13. The van der Waals surface area contributed by atoms with Crippen LogP contribution in [0.3, 0.4) is 0 Å². The van der Waals surface area contributed by atoms with Crippen molar-refractivity contribution >= 4 is 6.03 Å². The maximum atomic E-state index is 12.1. The van der Waals surface area contributed by atoms with Gasteiger partial charge in [-0.05, 0) is 25.2 Å². The van der Waals surface area contributed by atoms with Gasteiger partial charge in [0.2, 0.25) is 0 Å². The summed E-state index contributed by atoms with van der Waals surface area (Å²) in [4.78, 5) is 16.3. The average Bonchev–Trinajstić information content (AvgIpc) is 2.40. The quantitative estimate of drug-likeness (QED) is 0.746. The Kier molecular flexibility index (Phi) is 7.92. The third-order valence-corrected chi connectivity index (χ3v) is 3.69. The molecule has 5 nitrogen and oxygen atoms in total. The Balaban J connectivity index is 2.32. The van der Waals surface area contributed by atoms with Crippen molar-refractivity contribution in [2.24, 2.45) is 5.92 Å². The Morgan fingerprint density at radius 2 is 2.00 bits per heavy atom. The van der Waals surface area contributed by atoms with Crippen LogP contribution in [0.5, 0.6) is 0 Å². The molecule has 0 radical (unpaired) electrons. The number of urea groups is 1. The van der Waals surface area contributed by atoms with Crippen molar-refractivity contribution in [3.05, 3.63) is 0 Å². The normalized spacial score (nSPS) is 17.4. The van der Waals surface area contributed by atoms with Crippen LogP contribution < -0.4 is 5.32 Å². The van der Waals surface area contributed by atoms with Crippen molar-refractivity contribution in [1.82, 2.24) is 15.1 Å². The molecule has 1 aliphatic rings. The molecule has 0 atom stereocenters. The fourth-order valence-corrected chi connectivity index (χ4v) is 2.75. The van der Waals surface area contributed by atoms with E-state index in [1.807, 2.05) is 6.92 Å². The smallest absolute Gasteiger partial charge is 0.317 e. The summed E-state index contributed by atoms with van der Waals surface area (Å²) in [5.41, 5.74) is 0. The van der Waals surface area contributed by atoms with E-state index in [0.29, 0.717) is 19.0 Å². The topological polar surface area (TPSA) is 55.8 Å². The molecule has 5 heteroatoms. The summed E-state index contributed by atoms with van der Waals surface area (Å²) in [6.07, 6.45) is 2.97. The number of carbonyl (C=O) groups excluding carboxylic acids is 1. The molecule has 0 bridgehead atoms. The van der Waals surface area contributed by atoms with E-state index in [-0.39, 0.29) is 18.7 Å². The van der Waals surface area contributed by atoms with Crippen LogP contribution in [0.1, 0.15) is 40.0 Å². The van der Waals surface area contributed by atoms with Gasteiger partial charge in [-0.2, -0.15) is 0 Å². The van der Waals surface area contributed by atoms with Gasteiger partial charge in [-0.15, -0.1) is 0 Å². The molecule has 2 N–H and O–H groups in total. The van der Waals surface area contributed by atoms with Crippen molar-refractivity contribution in [2.75, 3.05) is 39.3 Å². The van der Waals surface area contributed by atoms with Gasteiger partial charge in [-0.1, -0.05) is 20.8 Å². The number of rotatable bonds is 7. The van der Waals surface area contributed by atoms with Crippen molar-refractivity contribution in [3.8, 4) is 0 Å². The zero-order valence-electron chi connectivity index (χ0n) is 13.3. The zero-order chi connectivity index (χ0) is 15.0. The molecule has 2 amide bonds. The maximum absolute atomic E-state index is 12.1. The third kappa shape index (κ3) is 6.09. The minimum absolute atomic E-state index is 0.0248. The molecule has 0 unspecified atom stereocenters. The van der Waals surface area contributed by atoms with E-state index in [2.05, 4.69) is 24.1 Å². The lowest BCUT2D eigenvalue weighted by atomic mass is 10.0. The summed E-state index contributed by atoms with van der Waals surface area (Å²) in [7, 11) is 0. The molecular weight excluding hydrogens is 254 g/mol. The van der Waals surface area contributed by atoms with Gasteiger partial charge >= 0.3 is 6.03 Å². The highest BCUT2D eigenvalue weighted by Gasteiger charge is 2.22. The van der Waals surface area contributed by atoms with Crippen LogP contribution in [-0.4, -0.2) is 66.3 Å². The Bertz CT molecular complexity index is 270. The molecule has 118 valence electrons. The Labute approximate surface area is 123 Å². The minimum Gasteiger partial charge on any atom is -0.395 e. The average molecular weight is 285 g/mol. The van der Waals surface area contributed by atoms with E-state index in [4.69, 9.17) is 5.11 Å². The molecule has 0 aromatic heterocycles. The number of carbonyl (C=O) groups is 1. The molecule has 0 saturated carbocycles. The van der Waals surface area contributed by atoms with Gasteiger partial charge in [0.25, 0.3) is 0 Å². The molecule has 0 spiro atoms. The van der Waals surface area contributed by atoms with Crippen LogP contribution in [0.4, 0.5) is 4.79 Å². The number of hydrogen-bond acceptors (Lipinski definition) is 3. The lowest BCUT2D eigenvalue weighted by molar-refractivity contribution is 0.155. The molecular formula is C15H31N3O2. The van der Waals surface area contributed by atoms with E-state index in [1.54, 1.807) is 4.90 Å². The molecule has 0 aromatic rings. The molecule has 1 fully saturated rings. The summed E-state index contributed by atoms with van der Waals surface area (Å²) in [6, 6.07) is 0.257. The van der Waals surface area contributed by atoms with Crippen molar-refractivity contribution in [2.45, 2.75) is 46.1 Å². The van der Waals surface area contributed by atoms with E-state index in [1.165, 1.54) is 0 Å².